The average Bonchev–Trinajstić information content (AvgIpc) is 2.58. The highest BCUT2D eigenvalue weighted by Gasteiger charge is 2.13. The molecule has 2 rings (SSSR count). The first-order valence-electron chi connectivity index (χ1n) is 5.28. The predicted octanol–water partition coefficient (Wildman–Crippen LogP) is 3.22. The number of halogens is 1. The van der Waals surface area contributed by atoms with Crippen LogP contribution in [0, 0.1) is 18.3 Å². The van der Waals surface area contributed by atoms with Gasteiger partial charge < -0.3 is 4.57 Å². The summed E-state index contributed by atoms with van der Waals surface area (Å²) in [6.45, 7) is 2.05. The molecule has 1 aromatic heterocycles. The smallest absolute Gasteiger partial charge is 0.140 e. The largest absolute Gasteiger partial charge is 0.322 e. The molecule has 17 heavy (non-hydrogen) atoms. The summed E-state index contributed by atoms with van der Waals surface area (Å²) in [6, 6.07) is 10.3. The molecule has 4 heteroatoms. The molecule has 0 radical (unpaired) electrons. The number of aromatic nitrogens is 2. The van der Waals surface area contributed by atoms with Gasteiger partial charge in [-0.05, 0) is 28.9 Å². The van der Waals surface area contributed by atoms with Crippen molar-refractivity contribution in [1.29, 1.82) is 5.26 Å². The number of aryl methyl sites for hydroxylation is 1. The highest BCUT2D eigenvalue weighted by molar-refractivity contribution is 9.10. The third-order valence-electron chi connectivity index (χ3n) is 2.61. The lowest BCUT2D eigenvalue weighted by molar-refractivity contribution is 0.898. The number of nitrogens with zero attached hydrogens (tertiary/aromatic N) is 3. The van der Waals surface area contributed by atoms with Gasteiger partial charge in [-0.25, -0.2) is 4.98 Å². The van der Waals surface area contributed by atoms with Crippen molar-refractivity contribution in [3.05, 3.63) is 40.1 Å². The van der Waals surface area contributed by atoms with Gasteiger partial charge in [0.05, 0.1) is 18.2 Å². The highest BCUT2D eigenvalue weighted by atomic mass is 79.9. The molecule has 2 aromatic rings. The lowest BCUT2D eigenvalue weighted by Crippen LogP contribution is -1.92. The second-order valence-corrected chi connectivity index (χ2v) is 4.69. The van der Waals surface area contributed by atoms with Gasteiger partial charge in [0.15, 0.2) is 0 Å². The van der Waals surface area contributed by atoms with Crippen LogP contribution in [0.1, 0.15) is 11.3 Å². The van der Waals surface area contributed by atoms with Gasteiger partial charge in [-0.1, -0.05) is 23.8 Å². The van der Waals surface area contributed by atoms with Gasteiger partial charge >= 0.3 is 0 Å². The zero-order valence-corrected chi connectivity index (χ0v) is 11.3. The quantitative estimate of drug-likeness (QED) is 0.852. The molecule has 0 aliphatic rings. The van der Waals surface area contributed by atoms with E-state index in [0.717, 1.165) is 21.7 Å². The van der Waals surface area contributed by atoms with E-state index >= 15 is 0 Å². The van der Waals surface area contributed by atoms with Crippen LogP contribution in [0.15, 0.2) is 28.9 Å². The predicted molar refractivity (Wildman–Crippen MR) is 70.4 cm³/mol. The van der Waals surface area contributed by atoms with Gasteiger partial charge in [0.2, 0.25) is 0 Å². The van der Waals surface area contributed by atoms with Gasteiger partial charge in [-0.2, -0.15) is 5.26 Å². The normalized spacial score (nSPS) is 10.2. The molecule has 3 nitrogen and oxygen atoms in total. The lowest BCUT2D eigenvalue weighted by Gasteiger charge is -2.03. The molecule has 0 amide bonds. The van der Waals surface area contributed by atoms with Crippen LogP contribution in [0.5, 0.6) is 0 Å². The van der Waals surface area contributed by atoms with Crippen molar-refractivity contribution < 1.29 is 0 Å². The Bertz CT molecular complexity index is 593. The highest BCUT2D eigenvalue weighted by Crippen LogP contribution is 2.25. The van der Waals surface area contributed by atoms with E-state index in [0.29, 0.717) is 6.42 Å². The summed E-state index contributed by atoms with van der Waals surface area (Å²) in [5.74, 6) is 0.880. The van der Waals surface area contributed by atoms with Crippen LogP contribution in [0.3, 0.4) is 0 Å². The summed E-state index contributed by atoms with van der Waals surface area (Å²) >= 11 is 3.47. The van der Waals surface area contributed by atoms with Crippen molar-refractivity contribution in [2.75, 3.05) is 0 Å². The second-order valence-electron chi connectivity index (χ2n) is 3.94. The van der Waals surface area contributed by atoms with Crippen LogP contribution in [0.25, 0.3) is 11.4 Å². The third kappa shape index (κ3) is 2.25. The van der Waals surface area contributed by atoms with E-state index in [1.165, 1.54) is 5.56 Å². The number of benzene rings is 1. The van der Waals surface area contributed by atoms with Gasteiger partial charge in [-0.15, -0.1) is 0 Å². The molecule has 1 heterocycles. The maximum atomic E-state index is 8.74. The Hall–Kier alpha value is -1.60. The summed E-state index contributed by atoms with van der Waals surface area (Å²) in [5.41, 5.74) is 3.05. The minimum atomic E-state index is 0.320. The molecule has 0 saturated carbocycles. The molecule has 0 fully saturated rings. The second kappa shape index (κ2) is 4.72. The molecule has 1 aromatic carbocycles. The zero-order chi connectivity index (χ0) is 12.4. The maximum Gasteiger partial charge on any atom is 0.140 e. The van der Waals surface area contributed by atoms with Gasteiger partial charge in [0.25, 0.3) is 0 Å². The standard InChI is InChI=1S/C13H12BrN3/c1-9-4-3-5-10(8-9)13-16-11(6-7-15)12(14)17(13)2/h3-5,8H,6H2,1-2H3. The van der Waals surface area contributed by atoms with E-state index < -0.39 is 0 Å². The van der Waals surface area contributed by atoms with Crippen LogP contribution in [-0.2, 0) is 13.5 Å². The van der Waals surface area contributed by atoms with Crippen molar-refractivity contribution in [3.8, 4) is 17.5 Å². The fourth-order valence-corrected chi connectivity index (χ4v) is 2.16. The monoisotopic (exact) mass is 289 g/mol. The summed E-state index contributed by atoms with van der Waals surface area (Å²) in [4.78, 5) is 4.50. The first-order chi connectivity index (χ1) is 8.13. The maximum absolute atomic E-state index is 8.74. The van der Waals surface area contributed by atoms with Crippen molar-refractivity contribution >= 4 is 15.9 Å². The topological polar surface area (TPSA) is 41.6 Å². The molecule has 0 bridgehead atoms. The van der Waals surface area contributed by atoms with Gasteiger partial charge in [-0.3, -0.25) is 0 Å². The Morgan fingerprint density at radius 1 is 1.47 bits per heavy atom. The van der Waals surface area contributed by atoms with Crippen molar-refractivity contribution in [3.63, 3.8) is 0 Å². The number of hydrogen-bond donors (Lipinski definition) is 0. The summed E-state index contributed by atoms with van der Waals surface area (Å²) in [5, 5.41) is 8.74. The molecular formula is C13H12BrN3. The Labute approximate surface area is 109 Å². The molecule has 0 saturated heterocycles. The molecule has 0 unspecified atom stereocenters. The van der Waals surface area contributed by atoms with Crippen LogP contribution in [0.2, 0.25) is 0 Å². The van der Waals surface area contributed by atoms with Crippen LogP contribution >= 0.6 is 15.9 Å². The Morgan fingerprint density at radius 2 is 2.24 bits per heavy atom. The minimum Gasteiger partial charge on any atom is -0.322 e. The molecule has 0 aliphatic heterocycles. The lowest BCUT2D eigenvalue weighted by atomic mass is 10.1. The fraction of sp³-hybridized carbons (Fsp3) is 0.231. The fourth-order valence-electron chi connectivity index (χ4n) is 1.77. The van der Waals surface area contributed by atoms with Crippen molar-refractivity contribution in [1.82, 2.24) is 9.55 Å². The number of rotatable bonds is 2. The first-order valence-corrected chi connectivity index (χ1v) is 6.08. The van der Waals surface area contributed by atoms with E-state index in [1.807, 2.05) is 23.7 Å². The zero-order valence-electron chi connectivity index (χ0n) is 9.74. The summed E-state index contributed by atoms with van der Waals surface area (Å²) < 4.78 is 2.83. The van der Waals surface area contributed by atoms with Crippen LogP contribution < -0.4 is 0 Å². The SMILES string of the molecule is Cc1cccc(-c2nc(CC#N)c(Br)n2C)c1. The van der Waals surface area contributed by atoms with E-state index in [4.69, 9.17) is 5.26 Å². The van der Waals surface area contributed by atoms with Crippen molar-refractivity contribution in [2.45, 2.75) is 13.3 Å². The Balaban J connectivity index is 2.53. The Morgan fingerprint density at radius 3 is 2.88 bits per heavy atom. The first kappa shape index (κ1) is 11.9. The van der Waals surface area contributed by atoms with Crippen LogP contribution in [0.4, 0.5) is 0 Å². The molecule has 0 N–H and O–H groups in total. The number of hydrogen-bond acceptors (Lipinski definition) is 2. The summed E-state index contributed by atoms with van der Waals surface area (Å²) in [7, 11) is 1.94. The summed E-state index contributed by atoms with van der Waals surface area (Å²) in [6.07, 6.45) is 0.320. The molecule has 86 valence electrons. The average molecular weight is 290 g/mol. The molecular weight excluding hydrogens is 278 g/mol. The van der Waals surface area contributed by atoms with E-state index in [1.54, 1.807) is 0 Å². The molecule has 0 spiro atoms. The molecule has 0 aliphatic carbocycles. The van der Waals surface area contributed by atoms with Crippen molar-refractivity contribution in [2.24, 2.45) is 7.05 Å². The van der Waals surface area contributed by atoms with Gasteiger partial charge in [0.1, 0.15) is 10.4 Å². The Kier molecular flexibility index (Phi) is 3.30. The van der Waals surface area contributed by atoms with E-state index in [9.17, 15) is 0 Å². The number of nitriles is 1. The van der Waals surface area contributed by atoms with Gasteiger partial charge in [0, 0.05) is 12.6 Å². The van der Waals surface area contributed by atoms with Crippen LogP contribution in [-0.4, -0.2) is 9.55 Å². The minimum absolute atomic E-state index is 0.320. The van der Waals surface area contributed by atoms with E-state index in [2.05, 4.69) is 46.0 Å². The molecule has 0 atom stereocenters. The third-order valence-corrected chi connectivity index (χ3v) is 3.60. The van der Waals surface area contributed by atoms with E-state index in [-0.39, 0.29) is 0 Å². The number of imidazole rings is 1.